The summed E-state index contributed by atoms with van der Waals surface area (Å²) in [6, 6.07) is 6.56. The maximum Gasteiger partial charge on any atom is 0.0715 e. The highest BCUT2D eigenvalue weighted by Gasteiger charge is 2.19. The zero-order chi connectivity index (χ0) is 12.3. The lowest BCUT2D eigenvalue weighted by molar-refractivity contribution is 0.154. The minimum absolute atomic E-state index is 0.174. The molecule has 0 amide bonds. The van der Waals surface area contributed by atoms with Crippen LogP contribution in [0.5, 0.6) is 0 Å². The SMILES string of the molecule is CNCc1cc(C)ccc1N1CCCC(O)C1. The lowest BCUT2D eigenvalue weighted by atomic mass is 10.0. The molecular weight excluding hydrogens is 212 g/mol. The Balaban J connectivity index is 2.23. The van der Waals surface area contributed by atoms with E-state index < -0.39 is 0 Å². The highest BCUT2D eigenvalue weighted by molar-refractivity contribution is 5.55. The average Bonchev–Trinajstić information content (AvgIpc) is 2.29. The van der Waals surface area contributed by atoms with Gasteiger partial charge in [0.15, 0.2) is 0 Å². The monoisotopic (exact) mass is 234 g/mol. The summed E-state index contributed by atoms with van der Waals surface area (Å²) in [7, 11) is 1.97. The molecule has 1 aliphatic rings. The first-order valence-corrected chi connectivity index (χ1v) is 6.38. The van der Waals surface area contributed by atoms with Crippen LogP contribution >= 0.6 is 0 Å². The number of β-amino-alcohol motifs (C(OH)–C–C–N with tert-alkyl or cyclic N) is 1. The molecule has 1 fully saturated rings. The summed E-state index contributed by atoms with van der Waals surface area (Å²) in [5, 5.41) is 13.0. The lowest BCUT2D eigenvalue weighted by Crippen LogP contribution is -2.38. The van der Waals surface area contributed by atoms with Crippen molar-refractivity contribution >= 4 is 5.69 Å². The second-order valence-corrected chi connectivity index (χ2v) is 4.90. The largest absolute Gasteiger partial charge is 0.391 e. The molecule has 0 spiro atoms. The van der Waals surface area contributed by atoms with Crippen LogP contribution in [0.15, 0.2) is 18.2 Å². The molecule has 2 N–H and O–H groups in total. The Kier molecular flexibility index (Phi) is 4.02. The molecule has 1 aliphatic heterocycles. The van der Waals surface area contributed by atoms with Crippen LogP contribution in [0.4, 0.5) is 5.69 Å². The number of nitrogens with zero attached hydrogens (tertiary/aromatic N) is 1. The quantitative estimate of drug-likeness (QED) is 0.835. The van der Waals surface area contributed by atoms with Gasteiger partial charge in [-0.05, 0) is 38.4 Å². The molecule has 1 saturated heterocycles. The van der Waals surface area contributed by atoms with Gasteiger partial charge in [-0.15, -0.1) is 0 Å². The van der Waals surface area contributed by atoms with Gasteiger partial charge in [0.1, 0.15) is 0 Å². The fraction of sp³-hybridized carbons (Fsp3) is 0.571. The zero-order valence-electron chi connectivity index (χ0n) is 10.7. The van der Waals surface area contributed by atoms with Crippen LogP contribution in [0, 0.1) is 6.92 Å². The van der Waals surface area contributed by atoms with Gasteiger partial charge >= 0.3 is 0 Å². The van der Waals surface area contributed by atoms with Gasteiger partial charge in [-0.1, -0.05) is 17.7 Å². The number of aliphatic hydroxyl groups excluding tert-OH is 1. The Labute approximate surface area is 103 Å². The average molecular weight is 234 g/mol. The van der Waals surface area contributed by atoms with E-state index in [-0.39, 0.29) is 6.10 Å². The Hall–Kier alpha value is -1.06. The third-order valence-electron chi connectivity index (χ3n) is 3.34. The van der Waals surface area contributed by atoms with Crippen molar-refractivity contribution in [2.75, 3.05) is 25.0 Å². The van der Waals surface area contributed by atoms with Crippen LogP contribution in [0.3, 0.4) is 0 Å². The van der Waals surface area contributed by atoms with Crippen molar-refractivity contribution in [1.29, 1.82) is 0 Å². The van der Waals surface area contributed by atoms with Crippen molar-refractivity contribution in [3.8, 4) is 0 Å². The highest BCUT2D eigenvalue weighted by atomic mass is 16.3. The van der Waals surface area contributed by atoms with Crippen LogP contribution in [-0.4, -0.2) is 31.3 Å². The van der Waals surface area contributed by atoms with Crippen molar-refractivity contribution in [2.45, 2.75) is 32.4 Å². The molecule has 17 heavy (non-hydrogen) atoms. The number of piperidine rings is 1. The van der Waals surface area contributed by atoms with E-state index in [1.165, 1.54) is 16.8 Å². The van der Waals surface area contributed by atoms with Crippen molar-refractivity contribution in [3.05, 3.63) is 29.3 Å². The predicted molar refractivity (Wildman–Crippen MR) is 71.4 cm³/mol. The Morgan fingerprint density at radius 2 is 2.29 bits per heavy atom. The molecule has 1 atom stereocenters. The molecule has 0 aromatic heterocycles. The molecule has 3 nitrogen and oxygen atoms in total. The topological polar surface area (TPSA) is 35.5 Å². The molecular formula is C14H22N2O. The van der Waals surface area contributed by atoms with Crippen molar-refractivity contribution in [3.63, 3.8) is 0 Å². The first-order valence-electron chi connectivity index (χ1n) is 6.38. The summed E-state index contributed by atoms with van der Waals surface area (Å²) in [6.45, 7) is 4.81. The maximum atomic E-state index is 9.76. The van der Waals surface area contributed by atoms with E-state index in [1.807, 2.05) is 7.05 Å². The number of aliphatic hydroxyl groups is 1. The molecule has 2 rings (SSSR count). The summed E-state index contributed by atoms with van der Waals surface area (Å²) >= 11 is 0. The summed E-state index contributed by atoms with van der Waals surface area (Å²) in [4.78, 5) is 2.31. The minimum Gasteiger partial charge on any atom is -0.391 e. The summed E-state index contributed by atoms with van der Waals surface area (Å²) in [6.07, 6.45) is 1.84. The standard InChI is InChI=1S/C14H22N2O/c1-11-5-6-14(12(8-11)9-15-2)16-7-3-4-13(17)10-16/h5-6,8,13,15,17H,3-4,7,9-10H2,1-2H3. The first kappa shape index (κ1) is 12.4. The Bertz CT molecular complexity index is 378. The Morgan fingerprint density at radius 1 is 1.47 bits per heavy atom. The lowest BCUT2D eigenvalue weighted by Gasteiger charge is -2.33. The first-order chi connectivity index (χ1) is 8.20. The van der Waals surface area contributed by atoms with Gasteiger partial charge in [-0.2, -0.15) is 0 Å². The number of aryl methyl sites for hydroxylation is 1. The molecule has 94 valence electrons. The van der Waals surface area contributed by atoms with E-state index in [1.54, 1.807) is 0 Å². The third-order valence-corrected chi connectivity index (χ3v) is 3.34. The van der Waals surface area contributed by atoms with Gasteiger partial charge in [0.2, 0.25) is 0 Å². The molecule has 0 saturated carbocycles. The summed E-state index contributed by atoms with van der Waals surface area (Å²) in [5.74, 6) is 0. The summed E-state index contributed by atoms with van der Waals surface area (Å²) < 4.78 is 0. The fourth-order valence-electron chi connectivity index (χ4n) is 2.53. The van der Waals surface area contributed by atoms with Gasteiger partial charge in [0.25, 0.3) is 0 Å². The molecule has 0 radical (unpaired) electrons. The second kappa shape index (κ2) is 5.52. The Morgan fingerprint density at radius 3 is 3.00 bits per heavy atom. The van der Waals surface area contributed by atoms with Crippen LogP contribution in [0.1, 0.15) is 24.0 Å². The molecule has 1 aromatic carbocycles. The molecule has 1 heterocycles. The van der Waals surface area contributed by atoms with Crippen LogP contribution in [0.2, 0.25) is 0 Å². The van der Waals surface area contributed by atoms with Crippen LogP contribution in [-0.2, 0) is 6.54 Å². The second-order valence-electron chi connectivity index (χ2n) is 4.90. The molecule has 1 aromatic rings. The fourth-order valence-corrected chi connectivity index (χ4v) is 2.53. The zero-order valence-corrected chi connectivity index (χ0v) is 10.7. The van der Waals surface area contributed by atoms with Crippen molar-refractivity contribution < 1.29 is 5.11 Å². The summed E-state index contributed by atoms with van der Waals surface area (Å²) in [5.41, 5.74) is 3.88. The van der Waals surface area contributed by atoms with Gasteiger partial charge in [0.05, 0.1) is 6.10 Å². The van der Waals surface area contributed by atoms with Crippen molar-refractivity contribution in [2.24, 2.45) is 0 Å². The number of benzene rings is 1. The van der Waals surface area contributed by atoms with Gasteiger partial charge < -0.3 is 15.3 Å². The predicted octanol–water partition coefficient (Wildman–Crippen LogP) is 1.68. The van der Waals surface area contributed by atoms with Crippen molar-refractivity contribution in [1.82, 2.24) is 5.32 Å². The van der Waals surface area contributed by atoms with Gasteiger partial charge in [0, 0.05) is 25.3 Å². The number of anilines is 1. The molecule has 3 heteroatoms. The number of hydrogen-bond donors (Lipinski definition) is 2. The van der Waals surface area contributed by atoms with E-state index in [0.717, 1.165) is 32.5 Å². The van der Waals surface area contributed by atoms with E-state index in [0.29, 0.717) is 0 Å². The number of rotatable bonds is 3. The normalized spacial score (nSPS) is 20.6. The molecule has 0 bridgehead atoms. The van der Waals surface area contributed by atoms with E-state index >= 15 is 0 Å². The molecule has 1 unspecified atom stereocenters. The number of hydrogen-bond acceptors (Lipinski definition) is 3. The highest BCUT2D eigenvalue weighted by Crippen LogP contribution is 2.25. The van der Waals surface area contributed by atoms with E-state index in [9.17, 15) is 5.11 Å². The van der Waals surface area contributed by atoms with Gasteiger partial charge in [-0.3, -0.25) is 0 Å². The maximum absolute atomic E-state index is 9.76. The third kappa shape index (κ3) is 2.99. The van der Waals surface area contributed by atoms with Crippen LogP contribution in [0.25, 0.3) is 0 Å². The smallest absolute Gasteiger partial charge is 0.0715 e. The minimum atomic E-state index is -0.174. The van der Waals surface area contributed by atoms with E-state index in [4.69, 9.17) is 0 Å². The molecule has 0 aliphatic carbocycles. The van der Waals surface area contributed by atoms with Crippen LogP contribution < -0.4 is 10.2 Å². The number of nitrogens with one attached hydrogen (secondary N) is 1. The van der Waals surface area contributed by atoms with E-state index in [2.05, 4.69) is 35.3 Å². The van der Waals surface area contributed by atoms with Gasteiger partial charge in [-0.25, -0.2) is 0 Å².